The maximum absolute atomic E-state index is 11.2. The lowest BCUT2D eigenvalue weighted by molar-refractivity contribution is -0.109. The minimum absolute atomic E-state index is 0.115. The van der Waals surface area contributed by atoms with Crippen molar-refractivity contribution >= 4 is 25.4 Å². The van der Waals surface area contributed by atoms with Gasteiger partial charge in [-0.05, 0) is 48.1 Å². The quantitative estimate of drug-likeness (QED) is 0.559. The summed E-state index contributed by atoms with van der Waals surface area (Å²) in [5, 5.41) is 2.37. The van der Waals surface area contributed by atoms with Crippen LogP contribution < -0.4 is 0 Å². The number of rotatable bonds is 5. The average molecular weight is 330 g/mol. The molecule has 0 spiro atoms. The van der Waals surface area contributed by atoms with Crippen molar-refractivity contribution in [3.8, 4) is 0 Å². The van der Waals surface area contributed by atoms with Crippen LogP contribution in [0.25, 0.3) is 10.8 Å². The predicted molar refractivity (Wildman–Crippen MR) is 98.2 cm³/mol. The topological polar surface area (TPSA) is 39.2 Å². The molecule has 4 heteroatoms. The van der Waals surface area contributed by atoms with E-state index in [0.29, 0.717) is 6.42 Å². The van der Waals surface area contributed by atoms with E-state index in [0.717, 1.165) is 22.9 Å². The maximum atomic E-state index is 11.2. The molecule has 1 aromatic carbocycles. The van der Waals surface area contributed by atoms with E-state index in [4.69, 9.17) is 4.43 Å². The Morgan fingerprint density at radius 2 is 1.91 bits per heavy atom. The van der Waals surface area contributed by atoms with Crippen LogP contribution in [-0.2, 0) is 9.22 Å². The van der Waals surface area contributed by atoms with Crippen LogP contribution in [0.3, 0.4) is 0 Å². The molecule has 0 radical (unpaired) electrons. The standard InChI is InChI=1S/C19H27NO2Si/c1-14-11-15-7-8-16(12-17(15)13-20-14)18(9-10-21)22-23(5,6)19(2,3)4/h7-8,10-13,18H,9H2,1-6H3/t18-/m0/s1. The van der Waals surface area contributed by atoms with Gasteiger partial charge in [0.2, 0.25) is 0 Å². The molecular formula is C19H27NO2Si. The van der Waals surface area contributed by atoms with Crippen molar-refractivity contribution in [2.75, 3.05) is 0 Å². The smallest absolute Gasteiger partial charge is 0.192 e. The Kier molecular flexibility index (Phi) is 5.06. The maximum Gasteiger partial charge on any atom is 0.192 e. The fraction of sp³-hybridized carbons (Fsp3) is 0.474. The van der Waals surface area contributed by atoms with Crippen LogP contribution in [0.15, 0.2) is 30.5 Å². The van der Waals surface area contributed by atoms with Gasteiger partial charge in [0.05, 0.1) is 6.10 Å². The third kappa shape index (κ3) is 4.06. The Balaban J connectivity index is 2.37. The summed E-state index contributed by atoms with van der Waals surface area (Å²) in [6.07, 6.45) is 3.05. The molecule has 0 bridgehead atoms. The summed E-state index contributed by atoms with van der Waals surface area (Å²) in [4.78, 5) is 15.5. The van der Waals surface area contributed by atoms with Gasteiger partial charge in [0.1, 0.15) is 6.29 Å². The number of aldehydes is 1. The molecular weight excluding hydrogens is 302 g/mol. The van der Waals surface area contributed by atoms with Crippen molar-refractivity contribution in [3.05, 3.63) is 41.7 Å². The Bertz CT molecular complexity index is 704. The lowest BCUT2D eigenvalue weighted by atomic mass is 10.0. The summed E-state index contributed by atoms with van der Waals surface area (Å²) in [6, 6.07) is 8.33. The van der Waals surface area contributed by atoms with E-state index in [1.54, 1.807) is 0 Å². The van der Waals surface area contributed by atoms with E-state index in [-0.39, 0.29) is 11.1 Å². The van der Waals surface area contributed by atoms with E-state index >= 15 is 0 Å². The lowest BCUT2D eigenvalue weighted by Gasteiger charge is -2.39. The zero-order chi connectivity index (χ0) is 17.3. The van der Waals surface area contributed by atoms with Crippen LogP contribution in [0.4, 0.5) is 0 Å². The molecule has 23 heavy (non-hydrogen) atoms. The first-order chi connectivity index (χ1) is 10.6. The number of hydrogen-bond donors (Lipinski definition) is 0. The number of benzene rings is 1. The molecule has 0 fully saturated rings. The number of hydrogen-bond acceptors (Lipinski definition) is 3. The molecule has 0 amide bonds. The number of fused-ring (bicyclic) bond motifs is 1. The van der Waals surface area contributed by atoms with Gasteiger partial charge in [0.25, 0.3) is 0 Å². The molecule has 0 aliphatic rings. The van der Waals surface area contributed by atoms with Gasteiger partial charge in [-0.25, -0.2) is 0 Å². The van der Waals surface area contributed by atoms with Gasteiger partial charge in [0.15, 0.2) is 8.32 Å². The van der Waals surface area contributed by atoms with Crippen molar-refractivity contribution in [1.82, 2.24) is 4.98 Å². The summed E-state index contributed by atoms with van der Waals surface area (Å²) >= 11 is 0. The minimum Gasteiger partial charge on any atom is -0.410 e. The summed E-state index contributed by atoms with van der Waals surface area (Å²) < 4.78 is 6.49. The molecule has 1 atom stereocenters. The first-order valence-corrected chi connectivity index (χ1v) is 11.0. The number of aryl methyl sites for hydroxylation is 1. The Morgan fingerprint density at radius 3 is 2.52 bits per heavy atom. The van der Waals surface area contributed by atoms with Crippen LogP contribution in [0.2, 0.25) is 18.1 Å². The molecule has 3 nitrogen and oxygen atoms in total. The van der Waals surface area contributed by atoms with E-state index in [1.807, 2.05) is 13.1 Å². The molecule has 0 saturated carbocycles. The van der Waals surface area contributed by atoms with Gasteiger partial charge in [-0.1, -0.05) is 32.9 Å². The van der Waals surface area contributed by atoms with Crippen molar-refractivity contribution < 1.29 is 9.22 Å². The molecule has 2 aromatic rings. The number of carbonyl (C=O) groups excluding carboxylic acids is 1. The number of nitrogens with zero attached hydrogens (tertiary/aromatic N) is 1. The molecule has 0 saturated heterocycles. The summed E-state index contributed by atoms with van der Waals surface area (Å²) in [6.45, 7) is 13.1. The average Bonchev–Trinajstić information content (AvgIpc) is 2.45. The molecule has 2 rings (SSSR count). The zero-order valence-electron chi connectivity index (χ0n) is 15.0. The second kappa shape index (κ2) is 6.54. The van der Waals surface area contributed by atoms with Crippen molar-refractivity contribution in [3.63, 3.8) is 0 Å². The van der Waals surface area contributed by atoms with E-state index in [9.17, 15) is 4.79 Å². The lowest BCUT2D eigenvalue weighted by Crippen LogP contribution is -2.41. The second-order valence-corrected chi connectivity index (χ2v) is 12.5. The molecule has 1 heterocycles. The van der Waals surface area contributed by atoms with E-state index < -0.39 is 8.32 Å². The van der Waals surface area contributed by atoms with E-state index in [1.165, 1.54) is 5.39 Å². The first-order valence-electron chi connectivity index (χ1n) is 8.12. The van der Waals surface area contributed by atoms with Gasteiger partial charge in [-0.2, -0.15) is 0 Å². The number of carbonyl (C=O) groups is 1. The Morgan fingerprint density at radius 1 is 1.22 bits per heavy atom. The zero-order valence-corrected chi connectivity index (χ0v) is 16.0. The van der Waals surface area contributed by atoms with Gasteiger partial charge >= 0.3 is 0 Å². The third-order valence-electron chi connectivity index (χ3n) is 4.81. The van der Waals surface area contributed by atoms with Gasteiger partial charge in [-0.3, -0.25) is 4.98 Å². The van der Waals surface area contributed by atoms with Crippen molar-refractivity contribution in [2.24, 2.45) is 0 Å². The molecule has 124 valence electrons. The largest absolute Gasteiger partial charge is 0.410 e. The van der Waals surface area contributed by atoms with E-state index in [2.05, 4.69) is 63.1 Å². The molecule has 0 unspecified atom stereocenters. The fourth-order valence-corrected chi connectivity index (χ4v) is 3.64. The van der Waals surface area contributed by atoms with Gasteiger partial charge in [-0.15, -0.1) is 0 Å². The Hall–Kier alpha value is -1.52. The monoisotopic (exact) mass is 329 g/mol. The minimum atomic E-state index is -1.94. The fourth-order valence-electron chi connectivity index (χ4n) is 2.34. The molecule has 0 N–H and O–H groups in total. The molecule has 1 aromatic heterocycles. The highest BCUT2D eigenvalue weighted by molar-refractivity contribution is 6.74. The first kappa shape index (κ1) is 17.8. The van der Waals surface area contributed by atoms with Crippen LogP contribution >= 0.6 is 0 Å². The molecule has 0 aliphatic carbocycles. The normalized spacial score (nSPS) is 14.0. The van der Waals surface area contributed by atoms with Crippen LogP contribution in [-0.4, -0.2) is 19.6 Å². The second-order valence-electron chi connectivity index (χ2n) is 7.70. The SMILES string of the molecule is Cc1cc2ccc([C@H](CC=O)O[Si](C)(C)C(C)(C)C)cc2cn1. The summed E-state index contributed by atoms with van der Waals surface area (Å²) in [5.74, 6) is 0. The van der Waals surface area contributed by atoms with Gasteiger partial charge in [0, 0.05) is 23.7 Å². The highest BCUT2D eigenvalue weighted by atomic mass is 28.4. The third-order valence-corrected chi connectivity index (χ3v) is 9.29. The van der Waals surface area contributed by atoms with Crippen LogP contribution in [0, 0.1) is 6.92 Å². The number of aromatic nitrogens is 1. The molecule has 0 aliphatic heterocycles. The van der Waals surface area contributed by atoms with Gasteiger partial charge < -0.3 is 9.22 Å². The Labute approximate surface area is 140 Å². The van der Waals surface area contributed by atoms with Crippen LogP contribution in [0.5, 0.6) is 0 Å². The van der Waals surface area contributed by atoms with Crippen molar-refractivity contribution in [1.29, 1.82) is 0 Å². The van der Waals surface area contributed by atoms with Crippen molar-refractivity contribution in [2.45, 2.75) is 58.4 Å². The predicted octanol–water partition coefficient (Wildman–Crippen LogP) is 5.20. The highest BCUT2D eigenvalue weighted by Crippen LogP contribution is 2.40. The summed E-state index contributed by atoms with van der Waals surface area (Å²) in [7, 11) is -1.94. The highest BCUT2D eigenvalue weighted by Gasteiger charge is 2.39. The van der Waals surface area contributed by atoms with Crippen LogP contribution in [0.1, 0.15) is 44.6 Å². The summed E-state index contributed by atoms with van der Waals surface area (Å²) in [5.41, 5.74) is 2.06. The number of pyridine rings is 1.